The number of ether oxygens (including phenoxy) is 1. The summed E-state index contributed by atoms with van der Waals surface area (Å²) in [7, 11) is -3.55. The van der Waals surface area contributed by atoms with Crippen molar-refractivity contribution in [3.05, 3.63) is 23.8 Å². The van der Waals surface area contributed by atoms with E-state index in [0.29, 0.717) is 43.2 Å². The average Bonchev–Trinajstić information content (AvgIpc) is 2.75. The molecule has 1 aromatic rings. The van der Waals surface area contributed by atoms with Crippen molar-refractivity contribution in [1.82, 2.24) is 14.1 Å². The molecule has 2 saturated heterocycles. The van der Waals surface area contributed by atoms with Crippen LogP contribution in [0.4, 0.5) is 0 Å². The molecule has 2 aliphatic rings. The Balaban J connectivity index is 1.59. The predicted octanol–water partition coefficient (Wildman–Crippen LogP) is 1.96. The minimum Gasteiger partial charge on any atom is -0.494 e. The summed E-state index contributed by atoms with van der Waals surface area (Å²) in [4.78, 5) is 17.4. The molecule has 0 saturated carbocycles. The summed E-state index contributed by atoms with van der Waals surface area (Å²) < 4.78 is 33.1. The van der Waals surface area contributed by atoms with Crippen LogP contribution in [0, 0.1) is 12.8 Å². The molecule has 3 rings (SSSR count). The molecule has 2 aliphatic heterocycles. The maximum atomic E-state index is 13.0. The molecule has 0 bridgehead atoms. The van der Waals surface area contributed by atoms with Gasteiger partial charge in [0.25, 0.3) is 0 Å². The van der Waals surface area contributed by atoms with Crippen molar-refractivity contribution in [2.75, 3.05) is 52.4 Å². The van der Waals surface area contributed by atoms with Crippen LogP contribution in [0.25, 0.3) is 0 Å². The van der Waals surface area contributed by atoms with Crippen molar-refractivity contribution in [1.29, 1.82) is 0 Å². The Morgan fingerprint density at radius 3 is 2.28 bits per heavy atom. The van der Waals surface area contributed by atoms with Gasteiger partial charge >= 0.3 is 0 Å². The average molecular weight is 424 g/mol. The third-order valence-electron chi connectivity index (χ3n) is 6.02. The van der Waals surface area contributed by atoms with E-state index in [2.05, 4.69) is 11.8 Å². The van der Waals surface area contributed by atoms with Crippen LogP contribution >= 0.6 is 0 Å². The lowest BCUT2D eigenvalue weighted by Gasteiger charge is -2.38. The molecule has 2 heterocycles. The van der Waals surface area contributed by atoms with E-state index in [1.54, 1.807) is 18.2 Å². The number of likely N-dealkylation sites (N-methyl/N-ethyl adjacent to an activating group) is 1. The van der Waals surface area contributed by atoms with Gasteiger partial charge < -0.3 is 14.5 Å². The summed E-state index contributed by atoms with van der Waals surface area (Å²) in [6, 6.07) is 5.00. The number of hydrogen-bond acceptors (Lipinski definition) is 5. The molecule has 8 heteroatoms. The van der Waals surface area contributed by atoms with Gasteiger partial charge in [0, 0.05) is 45.2 Å². The number of piperazine rings is 1. The van der Waals surface area contributed by atoms with E-state index >= 15 is 0 Å². The molecule has 1 aromatic carbocycles. The van der Waals surface area contributed by atoms with Gasteiger partial charge in [0.1, 0.15) is 5.75 Å². The van der Waals surface area contributed by atoms with Gasteiger partial charge in [-0.3, -0.25) is 4.79 Å². The van der Waals surface area contributed by atoms with E-state index in [-0.39, 0.29) is 11.8 Å². The Hall–Kier alpha value is -1.64. The van der Waals surface area contributed by atoms with E-state index in [0.717, 1.165) is 38.3 Å². The van der Waals surface area contributed by atoms with Gasteiger partial charge in [-0.1, -0.05) is 6.92 Å². The second-order valence-corrected chi connectivity index (χ2v) is 9.74. The van der Waals surface area contributed by atoms with Gasteiger partial charge in [-0.25, -0.2) is 8.42 Å². The molecule has 0 spiro atoms. The number of carbonyl (C=O) groups excluding carboxylic acids is 1. The third-order valence-corrected chi connectivity index (χ3v) is 7.91. The van der Waals surface area contributed by atoms with Crippen molar-refractivity contribution in [3.63, 3.8) is 0 Å². The minimum atomic E-state index is -3.55. The van der Waals surface area contributed by atoms with Gasteiger partial charge in [0.15, 0.2) is 0 Å². The second kappa shape index (κ2) is 9.45. The first kappa shape index (κ1) is 22.1. The fourth-order valence-corrected chi connectivity index (χ4v) is 5.69. The molecular weight excluding hydrogens is 390 g/mol. The number of aryl methyl sites for hydroxylation is 1. The summed E-state index contributed by atoms with van der Waals surface area (Å²) in [6.07, 6.45) is 1.17. The largest absolute Gasteiger partial charge is 0.494 e. The van der Waals surface area contributed by atoms with E-state index in [4.69, 9.17) is 4.74 Å². The summed E-state index contributed by atoms with van der Waals surface area (Å²) >= 11 is 0. The Labute approximate surface area is 174 Å². The summed E-state index contributed by atoms with van der Waals surface area (Å²) in [5, 5.41) is 0. The molecule has 0 aromatic heterocycles. The van der Waals surface area contributed by atoms with E-state index in [9.17, 15) is 13.2 Å². The SMILES string of the molecule is CCOc1ccc(S(=O)(=O)N2CCC(C(=O)N3CCN(CC)CC3)CC2)cc1C. The number of benzene rings is 1. The molecule has 0 radical (unpaired) electrons. The number of hydrogen-bond donors (Lipinski definition) is 0. The van der Waals surface area contributed by atoms with Crippen LogP contribution in [0.2, 0.25) is 0 Å². The summed E-state index contributed by atoms with van der Waals surface area (Å²) in [5.41, 5.74) is 0.809. The first-order chi connectivity index (χ1) is 13.9. The van der Waals surface area contributed by atoms with Crippen molar-refractivity contribution in [2.24, 2.45) is 5.92 Å². The maximum absolute atomic E-state index is 13.0. The lowest BCUT2D eigenvalue weighted by atomic mass is 9.96. The Morgan fingerprint density at radius 2 is 1.72 bits per heavy atom. The number of amides is 1. The number of piperidine rings is 1. The van der Waals surface area contributed by atoms with Gasteiger partial charge in [0.2, 0.25) is 15.9 Å². The van der Waals surface area contributed by atoms with Crippen molar-refractivity contribution in [3.8, 4) is 5.75 Å². The quantitative estimate of drug-likeness (QED) is 0.700. The van der Waals surface area contributed by atoms with E-state index in [1.165, 1.54) is 4.31 Å². The first-order valence-corrected chi connectivity index (χ1v) is 12.1. The van der Waals surface area contributed by atoms with Crippen LogP contribution in [-0.2, 0) is 14.8 Å². The van der Waals surface area contributed by atoms with Crippen molar-refractivity contribution >= 4 is 15.9 Å². The van der Waals surface area contributed by atoms with Crippen LogP contribution in [0.5, 0.6) is 5.75 Å². The number of rotatable bonds is 6. The molecule has 2 fully saturated rings. The Morgan fingerprint density at radius 1 is 1.07 bits per heavy atom. The molecule has 0 N–H and O–H groups in total. The molecular formula is C21H33N3O4S. The lowest BCUT2D eigenvalue weighted by molar-refractivity contribution is -0.138. The molecule has 29 heavy (non-hydrogen) atoms. The number of carbonyl (C=O) groups is 1. The molecule has 162 valence electrons. The second-order valence-electron chi connectivity index (χ2n) is 7.80. The standard InChI is InChI=1S/C21H33N3O4S/c1-4-22-12-14-23(15-13-22)21(25)18-8-10-24(11-9-18)29(26,27)19-6-7-20(28-5-2)17(3)16-19/h6-7,16,18H,4-5,8-15H2,1-3H3. The highest BCUT2D eigenvalue weighted by molar-refractivity contribution is 7.89. The van der Waals surface area contributed by atoms with Crippen molar-refractivity contribution < 1.29 is 17.9 Å². The van der Waals surface area contributed by atoms with Crippen LogP contribution in [0.15, 0.2) is 23.1 Å². The zero-order chi connectivity index (χ0) is 21.0. The highest BCUT2D eigenvalue weighted by Gasteiger charge is 2.34. The van der Waals surface area contributed by atoms with Crippen LogP contribution in [0.1, 0.15) is 32.3 Å². The van der Waals surface area contributed by atoms with Crippen molar-refractivity contribution in [2.45, 2.75) is 38.5 Å². The van der Waals surface area contributed by atoms with E-state index in [1.807, 2.05) is 18.7 Å². The lowest BCUT2D eigenvalue weighted by Crippen LogP contribution is -2.51. The highest BCUT2D eigenvalue weighted by Crippen LogP contribution is 2.28. The zero-order valence-electron chi connectivity index (χ0n) is 17.8. The highest BCUT2D eigenvalue weighted by atomic mass is 32.2. The maximum Gasteiger partial charge on any atom is 0.243 e. The first-order valence-electron chi connectivity index (χ1n) is 10.6. The topological polar surface area (TPSA) is 70.2 Å². The fraction of sp³-hybridized carbons (Fsp3) is 0.667. The van der Waals surface area contributed by atoms with Crippen LogP contribution in [-0.4, -0.2) is 80.9 Å². The smallest absolute Gasteiger partial charge is 0.243 e. The van der Waals surface area contributed by atoms with Gasteiger partial charge in [-0.15, -0.1) is 0 Å². The molecule has 0 aliphatic carbocycles. The molecule has 7 nitrogen and oxygen atoms in total. The van der Waals surface area contributed by atoms with Crippen LogP contribution in [0.3, 0.4) is 0 Å². The summed E-state index contributed by atoms with van der Waals surface area (Å²) in [6.45, 7) is 11.6. The van der Waals surface area contributed by atoms with Crippen LogP contribution < -0.4 is 4.74 Å². The minimum absolute atomic E-state index is 0.0725. The Bertz CT molecular complexity index is 811. The zero-order valence-corrected chi connectivity index (χ0v) is 18.6. The Kier molecular flexibility index (Phi) is 7.19. The van der Waals surface area contributed by atoms with Gasteiger partial charge in [-0.2, -0.15) is 4.31 Å². The monoisotopic (exact) mass is 423 g/mol. The summed E-state index contributed by atoms with van der Waals surface area (Å²) in [5.74, 6) is 0.824. The third kappa shape index (κ3) is 4.92. The van der Waals surface area contributed by atoms with Gasteiger partial charge in [-0.05, 0) is 57.0 Å². The molecule has 0 unspecified atom stereocenters. The fourth-order valence-electron chi connectivity index (χ4n) is 4.13. The predicted molar refractivity (Wildman–Crippen MR) is 113 cm³/mol. The molecule has 1 amide bonds. The molecule has 0 atom stereocenters. The number of nitrogens with zero attached hydrogens (tertiary/aromatic N) is 3. The number of sulfonamides is 1. The van der Waals surface area contributed by atoms with E-state index < -0.39 is 10.0 Å². The van der Waals surface area contributed by atoms with Gasteiger partial charge in [0.05, 0.1) is 11.5 Å². The normalized spacial score (nSPS) is 20.0.